The lowest BCUT2D eigenvalue weighted by atomic mass is 10.2. The molecular formula is C12H18BrClN2O3S. The summed E-state index contributed by atoms with van der Waals surface area (Å²) in [6.07, 6.45) is 2.05. The monoisotopic (exact) mass is 384 g/mol. The van der Waals surface area contributed by atoms with E-state index in [1.54, 1.807) is 0 Å². The molecule has 0 saturated carbocycles. The molecule has 1 heterocycles. The zero-order valence-corrected chi connectivity index (χ0v) is 14.6. The van der Waals surface area contributed by atoms with Crippen molar-refractivity contribution in [2.75, 3.05) is 19.8 Å². The van der Waals surface area contributed by atoms with E-state index in [2.05, 4.69) is 39.5 Å². The van der Waals surface area contributed by atoms with E-state index in [0.29, 0.717) is 36.6 Å². The molecule has 0 aromatic carbocycles. The van der Waals surface area contributed by atoms with Crippen LogP contribution in [0.4, 0.5) is 0 Å². The van der Waals surface area contributed by atoms with Gasteiger partial charge in [-0.05, 0) is 34.3 Å². The van der Waals surface area contributed by atoms with Gasteiger partial charge in [0, 0.05) is 30.4 Å². The summed E-state index contributed by atoms with van der Waals surface area (Å²) in [7, 11) is -3.65. The van der Waals surface area contributed by atoms with Crippen LogP contribution in [-0.2, 0) is 14.8 Å². The highest BCUT2D eigenvalue weighted by Gasteiger charge is 2.18. The number of pyridine rings is 1. The van der Waals surface area contributed by atoms with E-state index in [-0.39, 0.29) is 10.0 Å². The van der Waals surface area contributed by atoms with Crippen LogP contribution in [-0.4, -0.2) is 33.2 Å². The first-order valence-electron chi connectivity index (χ1n) is 6.21. The molecule has 0 unspecified atom stereocenters. The second kappa shape index (κ2) is 8.29. The van der Waals surface area contributed by atoms with E-state index >= 15 is 0 Å². The van der Waals surface area contributed by atoms with E-state index in [1.807, 2.05) is 0 Å². The number of aromatic nitrogens is 1. The molecule has 0 saturated heterocycles. The molecule has 0 amide bonds. The van der Waals surface area contributed by atoms with Crippen LogP contribution in [0.2, 0.25) is 5.15 Å². The van der Waals surface area contributed by atoms with Gasteiger partial charge in [-0.1, -0.05) is 25.4 Å². The van der Waals surface area contributed by atoms with E-state index in [4.69, 9.17) is 16.3 Å². The average Bonchev–Trinajstić information content (AvgIpc) is 2.36. The van der Waals surface area contributed by atoms with Crippen molar-refractivity contribution in [1.29, 1.82) is 0 Å². The van der Waals surface area contributed by atoms with Crippen molar-refractivity contribution < 1.29 is 13.2 Å². The fourth-order valence-electron chi connectivity index (χ4n) is 1.37. The summed E-state index contributed by atoms with van der Waals surface area (Å²) in [6.45, 7) is 5.61. The van der Waals surface area contributed by atoms with Crippen molar-refractivity contribution in [2.24, 2.45) is 5.92 Å². The summed E-state index contributed by atoms with van der Waals surface area (Å²) in [5, 5.41) is -0.0447. The Labute approximate surface area is 133 Å². The van der Waals surface area contributed by atoms with Gasteiger partial charge in [-0.25, -0.2) is 18.1 Å². The maximum Gasteiger partial charge on any atom is 0.243 e. The van der Waals surface area contributed by atoms with Crippen molar-refractivity contribution >= 4 is 37.6 Å². The number of nitrogens with zero attached hydrogens (tertiary/aromatic N) is 1. The fraction of sp³-hybridized carbons (Fsp3) is 0.583. The first-order chi connectivity index (χ1) is 9.33. The number of hydrogen-bond donors (Lipinski definition) is 1. The number of rotatable bonds is 8. The second-order valence-corrected chi connectivity index (χ2v) is 7.67. The molecule has 1 aromatic heterocycles. The highest BCUT2D eigenvalue weighted by Crippen LogP contribution is 2.22. The number of sulfonamides is 1. The molecule has 0 bridgehead atoms. The quantitative estimate of drug-likeness (QED) is 0.552. The minimum atomic E-state index is -3.65. The summed E-state index contributed by atoms with van der Waals surface area (Å²) >= 11 is 8.97. The average molecular weight is 386 g/mol. The van der Waals surface area contributed by atoms with Crippen molar-refractivity contribution in [2.45, 2.75) is 25.2 Å². The summed E-state index contributed by atoms with van der Waals surface area (Å²) in [5.41, 5.74) is 0. The van der Waals surface area contributed by atoms with Crippen molar-refractivity contribution in [1.82, 2.24) is 9.71 Å². The number of nitrogens with one attached hydrogen (secondary N) is 1. The van der Waals surface area contributed by atoms with Gasteiger partial charge in [0.15, 0.2) is 0 Å². The number of ether oxygens (including phenoxy) is 1. The molecule has 0 radical (unpaired) electrons. The highest BCUT2D eigenvalue weighted by atomic mass is 79.9. The Hall–Kier alpha value is -0.210. The molecule has 8 heteroatoms. The topological polar surface area (TPSA) is 68.3 Å². The van der Waals surface area contributed by atoms with Gasteiger partial charge >= 0.3 is 0 Å². The molecular weight excluding hydrogens is 368 g/mol. The maximum absolute atomic E-state index is 12.0. The van der Waals surface area contributed by atoms with Gasteiger partial charge in [0.1, 0.15) is 10.0 Å². The maximum atomic E-state index is 12.0. The van der Waals surface area contributed by atoms with Crippen LogP contribution in [0.3, 0.4) is 0 Å². The molecule has 0 spiro atoms. The molecule has 1 N–H and O–H groups in total. The fourth-order valence-corrected chi connectivity index (χ4v) is 3.39. The smallest absolute Gasteiger partial charge is 0.243 e. The summed E-state index contributed by atoms with van der Waals surface area (Å²) < 4.78 is 32.5. The summed E-state index contributed by atoms with van der Waals surface area (Å²) in [4.78, 5) is 3.77. The van der Waals surface area contributed by atoms with Crippen LogP contribution in [0.1, 0.15) is 20.3 Å². The first kappa shape index (κ1) is 17.8. The second-order valence-electron chi connectivity index (χ2n) is 4.66. The van der Waals surface area contributed by atoms with Crippen molar-refractivity contribution in [3.05, 3.63) is 21.9 Å². The SMILES string of the molecule is CC(C)COCCCNS(=O)(=O)c1cc(Br)cnc1Cl. The zero-order chi connectivity index (χ0) is 15.2. The Balaban J connectivity index is 2.48. The van der Waals surface area contributed by atoms with E-state index in [9.17, 15) is 8.42 Å². The molecule has 0 fully saturated rings. The lowest BCUT2D eigenvalue weighted by Gasteiger charge is -2.09. The third kappa shape index (κ3) is 6.05. The Kier molecular flexibility index (Phi) is 7.39. The summed E-state index contributed by atoms with van der Waals surface area (Å²) in [6, 6.07) is 1.42. The van der Waals surface area contributed by atoms with Gasteiger partial charge in [0.05, 0.1) is 0 Å². The molecule has 20 heavy (non-hydrogen) atoms. The Bertz CT molecular complexity index is 538. The third-order valence-corrected chi connectivity index (χ3v) is 4.59. The van der Waals surface area contributed by atoms with E-state index in [0.717, 1.165) is 0 Å². The molecule has 0 aliphatic heterocycles. The van der Waals surface area contributed by atoms with Crippen LogP contribution < -0.4 is 4.72 Å². The van der Waals surface area contributed by atoms with Gasteiger partial charge in [0.25, 0.3) is 0 Å². The van der Waals surface area contributed by atoms with Gasteiger partial charge in [-0.2, -0.15) is 0 Å². The van der Waals surface area contributed by atoms with Crippen LogP contribution in [0.25, 0.3) is 0 Å². The van der Waals surface area contributed by atoms with Crippen molar-refractivity contribution in [3.8, 4) is 0 Å². The van der Waals surface area contributed by atoms with E-state index in [1.165, 1.54) is 12.3 Å². The molecule has 0 aliphatic carbocycles. The zero-order valence-electron chi connectivity index (χ0n) is 11.4. The molecule has 0 atom stereocenters. The summed E-state index contributed by atoms with van der Waals surface area (Å²) in [5.74, 6) is 0.471. The first-order valence-corrected chi connectivity index (χ1v) is 8.87. The van der Waals surface area contributed by atoms with Crippen LogP contribution >= 0.6 is 27.5 Å². The van der Waals surface area contributed by atoms with Gasteiger partial charge in [-0.15, -0.1) is 0 Å². The lowest BCUT2D eigenvalue weighted by Crippen LogP contribution is -2.26. The normalized spacial score (nSPS) is 12.1. The number of hydrogen-bond acceptors (Lipinski definition) is 4. The predicted octanol–water partition coefficient (Wildman–Crippen LogP) is 2.84. The Morgan fingerprint density at radius 2 is 2.20 bits per heavy atom. The Morgan fingerprint density at radius 3 is 2.85 bits per heavy atom. The highest BCUT2D eigenvalue weighted by molar-refractivity contribution is 9.10. The standard InChI is InChI=1S/C12H18BrClN2O3S/c1-9(2)8-19-5-3-4-16-20(17,18)11-6-10(13)7-15-12(11)14/h6-7,9,16H,3-5,8H2,1-2H3. The Morgan fingerprint density at radius 1 is 1.50 bits per heavy atom. The molecule has 1 rings (SSSR count). The molecule has 114 valence electrons. The third-order valence-electron chi connectivity index (χ3n) is 2.27. The molecule has 5 nitrogen and oxygen atoms in total. The largest absolute Gasteiger partial charge is 0.381 e. The molecule has 1 aromatic rings. The van der Waals surface area contributed by atoms with Gasteiger partial charge < -0.3 is 4.74 Å². The van der Waals surface area contributed by atoms with E-state index < -0.39 is 10.0 Å². The predicted molar refractivity (Wildman–Crippen MR) is 82.4 cm³/mol. The lowest BCUT2D eigenvalue weighted by molar-refractivity contribution is 0.108. The van der Waals surface area contributed by atoms with Crippen molar-refractivity contribution in [3.63, 3.8) is 0 Å². The minimum Gasteiger partial charge on any atom is -0.381 e. The van der Waals surface area contributed by atoms with Crippen LogP contribution in [0.5, 0.6) is 0 Å². The minimum absolute atomic E-state index is 0.0309. The molecule has 0 aliphatic rings. The number of halogens is 2. The van der Waals surface area contributed by atoms with Gasteiger partial charge in [-0.3, -0.25) is 0 Å². The van der Waals surface area contributed by atoms with Gasteiger partial charge in [0.2, 0.25) is 10.0 Å². The van der Waals surface area contributed by atoms with Crippen LogP contribution in [0, 0.1) is 5.92 Å². The van der Waals surface area contributed by atoms with Crippen LogP contribution in [0.15, 0.2) is 21.6 Å².